The maximum absolute atomic E-state index is 11.6. The van der Waals surface area contributed by atoms with Crippen LogP contribution in [-0.2, 0) is 11.3 Å². The highest BCUT2D eigenvalue weighted by atomic mass is 16.4. The molecule has 268 valence electrons. The van der Waals surface area contributed by atoms with Crippen LogP contribution in [0.3, 0.4) is 0 Å². The quantitative estimate of drug-likeness (QED) is 0.136. The highest BCUT2D eigenvalue weighted by Gasteiger charge is 2.32. The van der Waals surface area contributed by atoms with Crippen LogP contribution in [0.2, 0.25) is 0 Å². The monoisotopic (exact) mass is 707 g/mol. The number of oxazole rings is 1. The Morgan fingerprint density at radius 3 is 2.58 bits per heavy atom. The normalized spacial score (nSPS) is 18.8. The molecule has 3 aromatic carbocycles. The second kappa shape index (κ2) is 14.0. The first-order valence-corrected chi connectivity index (χ1v) is 18.1. The number of benzene rings is 3. The van der Waals surface area contributed by atoms with Crippen molar-refractivity contribution in [1.82, 2.24) is 19.9 Å². The third-order valence-electron chi connectivity index (χ3n) is 11.1. The topological polar surface area (TPSA) is 152 Å². The average Bonchev–Trinajstić information content (AvgIpc) is 3.92. The lowest BCUT2D eigenvalue weighted by atomic mass is 9.93. The van der Waals surface area contributed by atoms with Gasteiger partial charge in [0, 0.05) is 67.4 Å². The molecule has 11 nitrogen and oxygen atoms in total. The lowest BCUT2D eigenvalue weighted by molar-refractivity contribution is -0.141. The summed E-state index contributed by atoms with van der Waals surface area (Å²) in [5.74, 6) is 0.00487. The van der Waals surface area contributed by atoms with Gasteiger partial charge < -0.3 is 24.8 Å². The van der Waals surface area contributed by atoms with Gasteiger partial charge in [-0.2, -0.15) is 5.26 Å². The van der Waals surface area contributed by atoms with Crippen LogP contribution in [-0.4, -0.2) is 68.3 Å². The number of anilines is 3. The number of aliphatic hydroxyl groups excluding tert-OH is 1. The minimum absolute atomic E-state index is 0.0700. The Labute approximate surface area is 307 Å². The molecule has 3 atom stereocenters. The molecule has 8 rings (SSSR count). The molecule has 6 aromatic rings. The molecule has 0 spiro atoms. The number of hydrogen-bond donors (Lipinski definition) is 3. The van der Waals surface area contributed by atoms with Crippen molar-refractivity contribution in [3.63, 3.8) is 0 Å². The van der Waals surface area contributed by atoms with Gasteiger partial charge in [0.2, 0.25) is 5.89 Å². The van der Waals surface area contributed by atoms with Gasteiger partial charge >= 0.3 is 5.97 Å². The van der Waals surface area contributed by atoms with E-state index in [-0.39, 0.29) is 18.1 Å². The molecule has 4 heterocycles. The molecular weight excluding hydrogens is 667 g/mol. The maximum Gasteiger partial charge on any atom is 0.306 e. The predicted octanol–water partition coefficient (Wildman–Crippen LogP) is 7.59. The van der Waals surface area contributed by atoms with Crippen molar-refractivity contribution in [3.8, 4) is 28.7 Å². The number of hydrogen-bond acceptors (Lipinski definition) is 10. The number of nitriles is 1. The molecule has 1 aliphatic carbocycles. The molecule has 2 fully saturated rings. The molecule has 0 bridgehead atoms. The number of nitrogens with zero attached hydrogens (tertiary/aromatic N) is 6. The summed E-state index contributed by atoms with van der Waals surface area (Å²) < 4.78 is 6.31. The number of carbonyl (C=O) groups is 1. The Balaban J connectivity index is 1.08. The summed E-state index contributed by atoms with van der Waals surface area (Å²) in [7, 11) is 1.95. The standard InChI is InChI=1S/C42H41N7O4/c1-24-33(6-4-8-35(24)41-47-37-19-31(18-29(20-43)39(37)53-41)48(3)30-11-10-28(17-30)42(51)52)34-7-5-9-36(25(34)2)46-40-38-27(12-14-44-40)16-26(21-45-38)22-49-15-13-32(50)23-49/h4-9,12,14,16,18-19,21,28,30,32,50H,10-11,13,15,17,22-23H2,1-3H3,(H,44,46)(H,51,52)/t28-,30+,32?/m0/s1. The number of rotatable bonds is 9. The van der Waals surface area contributed by atoms with Crippen LogP contribution in [0.4, 0.5) is 17.2 Å². The highest BCUT2D eigenvalue weighted by Crippen LogP contribution is 2.39. The molecule has 53 heavy (non-hydrogen) atoms. The fourth-order valence-electron chi connectivity index (χ4n) is 8.01. The van der Waals surface area contributed by atoms with Gasteiger partial charge in [-0.05, 0) is 104 Å². The summed E-state index contributed by atoms with van der Waals surface area (Å²) in [6.45, 7) is 6.47. The molecule has 2 aliphatic rings. The summed E-state index contributed by atoms with van der Waals surface area (Å²) in [6.07, 6.45) is 6.24. The molecule has 0 amide bonds. The Kier molecular flexibility index (Phi) is 9.02. The molecule has 1 saturated carbocycles. The van der Waals surface area contributed by atoms with Gasteiger partial charge in [0.15, 0.2) is 11.4 Å². The summed E-state index contributed by atoms with van der Waals surface area (Å²) in [6, 6.07) is 22.4. The second-order valence-corrected chi connectivity index (χ2v) is 14.4. The first kappa shape index (κ1) is 34.3. The Bertz CT molecular complexity index is 2420. The van der Waals surface area contributed by atoms with Crippen molar-refractivity contribution in [3.05, 3.63) is 95.3 Å². The summed E-state index contributed by atoms with van der Waals surface area (Å²) in [5, 5.41) is 34.1. The number of β-amino-alcohol motifs (C(OH)–C–C–N with tert-alkyl or cyclic N) is 1. The van der Waals surface area contributed by atoms with E-state index >= 15 is 0 Å². The number of carboxylic acid groups (broad SMARTS) is 1. The van der Waals surface area contributed by atoms with Gasteiger partial charge in [0.05, 0.1) is 17.6 Å². The number of fused-ring (bicyclic) bond motifs is 2. The summed E-state index contributed by atoms with van der Waals surface area (Å²) in [5.41, 5.74) is 9.96. The molecule has 11 heteroatoms. The van der Waals surface area contributed by atoms with E-state index in [0.717, 1.165) is 81.6 Å². The summed E-state index contributed by atoms with van der Waals surface area (Å²) >= 11 is 0. The predicted molar refractivity (Wildman–Crippen MR) is 205 cm³/mol. The van der Waals surface area contributed by atoms with Crippen LogP contribution in [0.5, 0.6) is 0 Å². The molecule has 1 aliphatic heterocycles. The van der Waals surface area contributed by atoms with Crippen molar-refractivity contribution in [2.45, 2.75) is 58.2 Å². The Morgan fingerprint density at radius 2 is 1.83 bits per heavy atom. The van der Waals surface area contributed by atoms with Crippen LogP contribution in [0.25, 0.3) is 44.6 Å². The van der Waals surface area contributed by atoms with E-state index in [4.69, 9.17) is 14.4 Å². The van der Waals surface area contributed by atoms with E-state index in [0.29, 0.717) is 47.8 Å². The number of nitrogens with one attached hydrogen (secondary N) is 1. The van der Waals surface area contributed by atoms with Gasteiger partial charge in [-0.25, -0.2) is 9.97 Å². The fraction of sp³-hybridized carbons (Fsp3) is 0.310. The van der Waals surface area contributed by atoms with Crippen LogP contribution in [0, 0.1) is 31.1 Å². The molecule has 1 unspecified atom stereocenters. The van der Waals surface area contributed by atoms with Gasteiger partial charge in [-0.3, -0.25) is 14.7 Å². The van der Waals surface area contributed by atoms with Gasteiger partial charge in [0.25, 0.3) is 0 Å². The van der Waals surface area contributed by atoms with Crippen molar-refractivity contribution >= 4 is 45.2 Å². The first-order valence-electron chi connectivity index (χ1n) is 18.1. The molecule has 1 saturated heterocycles. The van der Waals surface area contributed by atoms with Gasteiger partial charge in [-0.15, -0.1) is 0 Å². The van der Waals surface area contributed by atoms with E-state index < -0.39 is 5.97 Å². The number of aromatic nitrogens is 3. The first-order chi connectivity index (χ1) is 25.7. The fourth-order valence-corrected chi connectivity index (χ4v) is 8.01. The lowest BCUT2D eigenvalue weighted by Crippen LogP contribution is -2.29. The van der Waals surface area contributed by atoms with E-state index in [1.165, 1.54) is 0 Å². The largest absolute Gasteiger partial charge is 0.481 e. The van der Waals surface area contributed by atoms with Crippen molar-refractivity contribution in [1.29, 1.82) is 5.26 Å². The molecular formula is C42H41N7O4. The van der Waals surface area contributed by atoms with Crippen molar-refractivity contribution in [2.24, 2.45) is 5.92 Å². The molecule has 3 N–H and O–H groups in total. The molecule has 3 aromatic heterocycles. The number of aliphatic carboxylic acids is 1. The zero-order chi connectivity index (χ0) is 36.8. The SMILES string of the molecule is Cc1c(Nc2nccc3cc(CN4CCC(O)C4)cnc23)cccc1-c1cccc(-c2nc3cc(N(C)[C@@H]4CC[C@H](C(=O)O)C4)cc(C#N)c3o2)c1C. The number of pyridine rings is 2. The van der Waals surface area contributed by atoms with Crippen molar-refractivity contribution in [2.75, 3.05) is 30.4 Å². The van der Waals surface area contributed by atoms with Crippen LogP contribution >= 0.6 is 0 Å². The van der Waals surface area contributed by atoms with E-state index in [2.05, 4.69) is 58.2 Å². The Hall–Kier alpha value is -5.83. The zero-order valence-electron chi connectivity index (χ0n) is 30.0. The van der Waals surface area contributed by atoms with E-state index in [1.807, 2.05) is 49.6 Å². The van der Waals surface area contributed by atoms with Crippen LogP contribution in [0.1, 0.15) is 47.9 Å². The maximum atomic E-state index is 11.6. The average molecular weight is 708 g/mol. The third kappa shape index (κ3) is 6.56. The van der Waals surface area contributed by atoms with E-state index in [9.17, 15) is 20.3 Å². The minimum atomic E-state index is -0.754. The van der Waals surface area contributed by atoms with Crippen LogP contribution in [0.15, 0.2) is 77.5 Å². The lowest BCUT2D eigenvalue weighted by Gasteiger charge is -2.26. The highest BCUT2D eigenvalue weighted by molar-refractivity contribution is 5.91. The smallest absolute Gasteiger partial charge is 0.306 e. The summed E-state index contributed by atoms with van der Waals surface area (Å²) in [4.78, 5) is 30.2. The second-order valence-electron chi connectivity index (χ2n) is 14.4. The molecule has 0 radical (unpaired) electrons. The number of likely N-dealkylation sites (tertiary alicyclic amines) is 1. The number of aliphatic hydroxyl groups is 1. The third-order valence-corrected chi connectivity index (χ3v) is 11.1. The minimum Gasteiger partial charge on any atom is -0.481 e. The zero-order valence-corrected chi connectivity index (χ0v) is 30.0. The Morgan fingerprint density at radius 1 is 1.04 bits per heavy atom. The van der Waals surface area contributed by atoms with Crippen molar-refractivity contribution < 1.29 is 19.4 Å². The van der Waals surface area contributed by atoms with E-state index in [1.54, 1.807) is 12.3 Å². The van der Waals surface area contributed by atoms with Crippen LogP contribution < -0.4 is 10.2 Å². The number of carboxylic acids is 1. The van der Waals surface area contributed by atoms with Gasteiger partial charge in [0.1, 0.15) is 17.1 Å². The van der Waals surface area contributed by atoms with Gasteiger partial charge in [-0.1, -0.05) is 24.3 Å².